The molecule has 0 saturated carbocycles. The molecule has 0 bridgehead atoms. The molecule has 1 heterocycles. The highest BCUT2D eigenvalue weighted by molar-refractivity contribution is 5.84. The predicted octanol–water partition coefficient (Wildman–Crippen LogP) is 1.94. The van der Waals surface area contributed by atoms with Crippen LogP contribution in [0.1, 0.15) is 11.3 Å². The van der Waals surface area contributed by atoms with Crippen molar-refractivity contribution >= 4 is 16.7 Å². The Hall–Kier alpha value is -3.15. The first-order chi connectivity index (χ1) is 12.0. The molecule has 1 aromatic heterocycles. The average molecular weight is 337 g/mol. The minimum absolute atomic E-state index is 0.0766. The molecule has 2 aromatic carbocycles. The number of fused-ring (bicyclic) bond motifs is 1. The van der Waals surface area contributed by atoms with Crippen LogP contribution in [0.4, 0.5) is 0 Å². The molecule has 0 saturated heterocycles. The summed E-state index contributed by atoms with van der Waals surface area (Å²) in [5, 5.41) is 8.35. The summed E-state index contributed by atoms with van der Waals surface area (Å²) >= 11 is 0. The van der Waals surface area contributed by atoms with Crippen LogP contribution in [0.3, 0.4) is 0 Å². The molecule has 0 unspecified atom stereocenters. The topological polar surface area (TPSA) is 73.2 Å². The standard InChI is InChI=1S/C19H19N3O3/c1-13-7-9-14(10-8-13)25-12-18(23)20-11-17-15-5-3-4-6-16(15)19(24)22(2)21-17/h3-10H,11-12H2,1-2H3,(H,20,23). The number of nitrogens with one attached hydrogen (secondary N) is 1. The van der Waals surface area contributed by atoms with Gasteiger partial charge in [-0.05, 0) is 25.1 Å². The Balaban J connectivity index is 1.66. The van der Waals surface area contributed by atoms with Gasteiger partial charge in [-0.25, -0.2) is 4.68 Å². The maximum Gasteiger partial charge on any atom is 0.274 e. The van der Waals surface area contributed by atoms with Crippen molar-refractivity contribution in [2.24, 2.45) is 7.05 Å². The lowest BCUT2D eigenvalue weighted by Gasteiger charge is -2.10. The van der Waals surface area contributed by atoms with Crippen LogP contribution in [0, 0.1) is 6.92 Å². The van der Waals surface area contributed by atoms with E-state index < -0.39 is 0 Å². The van der Waals surface area contributed by atoms with E-state index in [-0.39, 0.29) is 24.6 Å². The van der Waals surface area contributed by atoms with Gasteiger partial charge in [-0.2, -0.15) is 5.10 Å². The SMILES string of the molecule is Cc1ccc(OCC(=O)NCc2nn(C)c(=O)c3ccccc23)cc1. The summed E-state index contributed by atoms with van der Waals surface area (Å²) in [4.78, 5) is 24.1. The average Bonchev–Trinajstić information content (AvgIpc) is 2.63. The van der Waals surface area contributed by atoms with E-state index in [2.05, 4.69) is 10.4 Å². The van der Waals surface area contributed by atoms with Crippen LogP contribution in [-0.4, -0.2) is 22.3 Å². The second kappa shape index (κ2) is 7.17. The van der Waals surface area contributed by atoms with Crippen molar-refractivity contribution in [2.75, 3.05) is 6.61 Å². The van der Waals surface area contributed by atoms with E-state index in [1.54, 1.807) is 13.1 Å². The quantitative estimate of drug-likeness (QED) is 0.772. The Kier molecular flexibility index (Phi) is 4.79. The number of hydrogen-bond acceptors (Lipinski definition) is 4. The van der Waals surface area contributed by atoms with Crippen LogP contribution >= 0.6 is 0 Å². The Morgan fingerprint density at radius 3 is 2.52 bits per heavy atom. The minimum atomic E-state index is -0.250. The monoisotopic (exact) mass is 337 g/mol. The number of carbonyl (C=O) groups is 1. The van der Waals surface area contributed by atoms with Crippen LogP contribution in [0.15, 0.2) is 53.3 Å². The maximum absolute atomic E-state index is 12.1. The second-order valence-electron chi connectivity index (χ2n) is 5.80. The van der Waals surface area contributed by atoms with Crippen molar-refractivity contribution in [1.29, 1.82) is 0 Å². The largest absolute Gasteiger partial charge is 0.484 e. The van der Waals surface area contributed by atoms with E-state index in [0.717, 1.165) is 10.9 Å². The molecule has 6 heteroatoms. The number of aromatic nitrogens is 2. The summed E-state index contributed by atoms with van der Waals surface area (Å²) in [6.07, 6.45) is 0. The zero-order valence-corrected chi connectivity index (χ0v) is 14.2. The molecule has 0 atom stereocenters. The Morgan fingerprint density at radius 1 is 1.12 bits per heavy atom. The van der Waals surface area contributed by atoms with Crippen LogP contribution in [-0.2, 0) is 18.4 Å². The van der Waals surface area contributed by atoms with E-state index in [1.807, 2.05) is 49.4 Å². The van der Waals surface area contributed by atoms with Gasteiger partial charge in [0.15, 0.2) is 6.61 Å². The summed E-state index contributed by atoms with van der Waals surface area (Å²) in [5.41, 5.74) is 1.61. The Bertz CT molecular complexity index is 962. The number of rotatable bonds is 5. The molecule has 0 aliphatic heterocycles. The van der Waals surface area contributed by atoms with Crippen LogP contribution < -0.4 is 15.6 Å². The molecule has 0 radical (unpaired) electrons. The van der Waals surface area contributed by atoms with Crippen LogP contribution in [0.2, 0.25) is 0 Å². The molecule has 0 aliphatic carbocycles. The first kappa shape index (κ1) is 16.7. The summed E-state index contributed by atoms with van der Waals surface area (Å²) in [7, 11) is 1.60. The number of ether oxygens (including phenoxy) is 1. The van der Waals surface area contributed by atoms with Crippen molar-refractivity contribution in [1.82, 2.24) is 15.1 Å². The van der Waals surface area contributed by atoms with Crippen molar-refractivity contribution in [2.45, 2.75) is 13.5 Å². The Labute approximate surface area is 145 Å². The number of benzene rings is 2. The number of hydrogen-bond donors (Lipinski definition) is 1. The van der Waals surface area contributed by atoms with Gasteiger partial charge in [0.25, 0.3) is 11.5 Å². The molecule has 3 rings (SSSR count). The van der Waals surface area contributed by atoms with Crippen molar-refractivity contribution < 1.29 is 9.53 Å². The highest BCUT2D eigenvalue weighted by Gasteiger charge is 2.10. The van der Waals surface area contributed by atoms with E-state index >= 15 is 0 Å². The number of aryl methyl sites for hydroxylation is 2. The highest BCUT2D eigenvalue weighted by atomic mass is 16.5. The molecular weight excluding hydrogens is 318 g/mol. The third-order valence-corrected chi connectivity index (χ3v) is 3.88. The molecule has 128 valence electrons. The summed E-state index contributed by atoms with van der Waals surface area (Å²) < 4.78 is 6.74. The second-order valence-corrected chi connectivity index (χ2v) is 5.80. The number of amides is 1. The Morgan fingerprint density at radius 2 is 1.80 bits per heavy atom. The normalized spacial score (nSPS) is 10.6. The summed E-state index contributed by atoms with van der Waals surface area (Å²) in [6, 6.07) is 14.7. The number of carbonyl (C=O) groups excluding carboxylic acids is 1. The molecule has 0 spiro atoms. The highest BCUT2D eigenvalue weighted by Crippen LogP contribution is 2.13. The fraction of sp³-hybridized carbons (Fsp3) is 0.211. The first-order valence-corrected chi connectivity index (χ1v) is 7.95. The van der Waals surface area contributed by atoms with Gasteiger partial charge in [-0.1, -0.05) is 35.9 Å². The summed E-state index contributed by atoms with van der Waals surface area (Å²) in [5.74, 6) is 0.395. The third kappa shape index (κ3) is 3.85. The smallest absolute Gasteiger partial charge is 0.274 e. The predicted molar refractivity (Wildman–Crippen MR) is 95.5 cm³/mol. The van der Waals surface area contributed by atoms with E-state index in [1.165, 1.54) is 4.68 Å². The van der Waals surface area contributed by atoms with E-state index in [0.29, 0.717) is 16.8 Å². The van der Waals surface area contributed by atoms with Gasteiger partial charge < -0.3 is 10.1 Å². The van der Waals surface area contributed by atoms with Crippen molar-refractivity contribution in [3.63, 3.8) is 0 Å². The lowest BCUT2D eigenvalue weighted by atomic mass is 10.1. The van der Waals surface area contributed by atoms with Crippen molar-refractivity contribution in [3.05, 3.63) is 70.1 Å². The lowest BCUT2D eigenvalue weighted by Crippen LogP contribution is -2.30. The molecule has 1 amide bonds. The zero-order valence-electron chi connectivity index (χ0n) is 14.2. The molecule has 3 aromatic rings. The van der Waals surface area contributed by atoms with Gasteiger partial charge in [-0.15, -0.1) is 0 Å². The molecule has 0 fully saturated rings. The first-order valence-electron chi connectivity index (χ1n) is 7.95. The summed E-state index contributed by atoms with van der Waals surface area (Å²) in [6.45, 7) is 2.14. The molecule has 25 heavy (non-hydrogen) atoms. The number of nitrogens with zero attached hydrogens (tertiary/aromatic N) is 2. The van der Waals surface area contributed by atoms with Gasteiger partial charge in [0.2, 0.25) is 0 Å². The van der Waals surface area contributed by atoms with Gasteiger partial charge in [-0.3, -0.25) is 9.59 Å². The van der Waals surface area contributed by atoms with Crippen molar-refractivity contribution in [3.8, 4) is 5.75 Å². The fourth-order valence-electron chi connectivity index (χ4n) is 2.52. The molecule has 6 nitrogen and oxygen atoms in total. The van der Waals surface area contributed by atoms with E-state index in [4.69, 9.17) is 4.74 Å². The third-order valence-electron chi connectivity index (χ3n) is 3.88. The zero-order chi connectivity index (χ0) is 17.8. The fourth-order valence-corrected chi connectivity index (χ4v) is 2.52. The maximum atomic E-state index is 12.1. The van der Waals surface area contributed by atoms with E-state index in [9.17, 15) is 9.59 Å². The minimum Gasteiger partial charge on any atom is -0.484 e. The molecule has 0 aliphatic rings. The molecule has 1 N–H and O–H groups in total. The molecular formula is C19H19N3O3. The van der Waals surface area contributed by atoms with Crippen LogP contribution in [0.5, 0.6) is 5.75 Å². The van der Waals surface area contributed by atoms with Gasteiger partial charge in [0.05, 0.1) is 17.6 Å². The van der Waals surface area contributed by atoms with Gasteiger partial charge >= 0.3 is 0 Å². The van der Waals surface area contributed by atoms with Gasteiger partial charge in [0, 0.05) is 12.4 Å². The van der Waals surface area contributed by atoms with Gasteiger partial charge in [0.1, 0.15) is 5.75 Å². The van der Waals surface area contributed by atoms with Crippen LogP contribution in [0.25, 0.3) is 10.8 Å². The lowest BCUT2D eigenvalue weighted by molar-refractivity contribution is -0.123.